The predicted octanol–water partition coefficient (Wildman–Crippen LogP) is 1.96. The molecular formula is C15H26N2O3S. The zero-order chi connectivity index (χ0) is 16.4. The van der Waals surface area contributed by atoms with Crippen molar-refractivity contribution in [1.82, 2.24) is 4.72 Å². The van der Waals surface area contributed by atoms with Crippen molar-refractivity contribution >= 4 is 15.7 Å². The van der Waals surface area contributed by atoms with Gasteiger partial charge in [-0.1, -0.05) is 20.8 Å². The minimum atomic E-state index is -3.68. The molecule has 1 unspecified atom stereocenters. The topological polar surface area (TPSA) is 92.4 Å². The molecule has 1 atom stereocenters. The smallest absolute Gasteiger partial charge is 0.241 e. The monoisotopic (exact) mass is 314 g/mol. The first-order chi connectivity index (χ1) is 9.42. The van der Waals surface area contributed by atoms with E-state index in [4.69, 9.17) is 5.73 Å². The highest BCUT2D eigenvalue weighted by Crippen LogP contribution is 2.24. The quantitative estimate of drug-likeness (QED) is 0.724. The number of aliphatic hydroxyl groups is 1. The second kappa shape index (κ2) is 6.34. The summed E-state index contributed by atoms with van der Waals surface area (Å²) >= 11 is 0. The highest BCUT2D eigenvalue weighted by atomic mass is 32.2. The molecule has 0 saturated heterocycles. The van der Waals surface area contributed by atoms with Crippen molar-refractivity contribution in [3.63, 3.8) is 0 Å². The molecule has 1 rings (SSSR count). The van der Waals surface area contributed by atoms with Crippen LogP contribution in [0.5, 0.6) is 0 Å². The second-order valence-electron chi connectivity index (χ2n) is 6.75. The van der Waals surface area contributed by atoms with E-state index in [1.165, 1.54) is 0 Å². The van der Waals surface area contributed by atoms with E-state index < -0.39 is 16.1 Å². The fourth-order valence-electron chi connectivity index (χ4n) is 2.19. The van der Waals surface area contributed by atoms with Crippen LogP contribution in [0.15, 0.2) is 17.0 Å². The number of hydrogen-bond donors (Lipinski definition) is 3. The van der Waals surface area contributed by atoms with Crippen LogP contribution in [0.4, 0.5) is 5.69 Å². The van der Waals surface area contributed by atoms with Gasteiger partial charge in [0.05, 0.1) is 11.0 Å². The number of rotatable bonds is 5. The predicted molar refractivity (Wildman–Crippen MR) is 85.6 cm³/mol. The third-order valence-corrected chi connectivity index (χ3v) is 4.74. The Labute approximate surface area is 127 Å². The lowest BCUT2D eigenvalue weighted by molar-refractivity contribution is 0.125. The van der Waals surface area contributed by atoms with Gasteiger partial charge in [-0.05, 0) is 48.9 Å². The van der Waals surface area contributed by atoms with Gasteiger partial charge in [0.15, 0.2) is 0 Å². The molecule has 0 heterocycles. The van der Waals surface area contributed by atoms with Gasteiger partial charge in [0.1, 0.15) is 0 Å². The number of sulfonamides is 1. The normalized spacial score (nSPS) is 14.2. The van der Waals surface area contributed by atoms with Gasteiger partial charge in [0.25, 0.3) is 0 Å². The van der Waals surface area contributed by atoms with Crippen LogP contribution in [0.3, 0.4) is 0 Å². The minimum Gasteiger partial charge on any atom is -0.398 e. The first-order valence-corrected chi connectivity index (χ1v) is 8.45. The number of anilines is 1. The van der Waals surface area contributed by atoms with E-state index in [0.29, 0.717) is 17.7 Å². The molecule has 6 heteroatoms. The van der Waals surface area contributed by atoms with E-state index in [0.717, 1.165) is 5.56 Å². The van der Waals surface area contributed by atoms with E-state index >= 15 is 0 Å². The van der Waals surface area contributed by atoms with Gasteiger partial charge in [-0.3, -0.25) is 0 Å². The number of nitrogens with two attached hydrogens (primary N) is 1. The number of hydrogen-bond acceptors (Lipinski definition) is 4. The number of nitrogens with one attached hydrogen (secondary N) is 1. The first-order valence-electron chi connectivity index (χ1n) is 6.97. The molecule has 120 valence electrons. The maximum atomic E-state index is 12.3. The Morgan fingerprint density at radius 3 is 2.38 bits per heavy atom. The van der Waals surface area contributed by atoms with Crippen molar-refractivity contribution in [1.29, 1.82) is 0 Å². The van der Waals surface area contributed by atoms with E-state index in [1.54, 1.807) is 26.0 Å². The number of aryl methyl sites for hydroxylation is 1. The zero-order valence-electron chi connectivity index (χ0n) is 13.4. The lowest BCUT2D eigenvalue weighted by atomic mass is 9.89. The van der Waals surface area contributed by atoms with Gasteiger partial charge in [-0.15, -0.1) is 0 Å². The summed E-state index contributed by atoms with van der Waals surface area (Å²) in [5.41, 5.74) is 7.52. The Hall–Kier alpha value is -1.11. The third-order valence-electron chi connectivity index (χ3n) is 3.19. The van der Waals surface area contributed by atoms with Crippen molar-refractivity contribution in [2.45, 2.75) is 52.0 Å². The molecule has 5 nitrogen and oxygen atoms in total. The van der Waals surface area contributed by atoms with Gasteiger partial charge in [0, 0.05) is 12.2 Å². The molecule has 0 aliphatic carbocycles. The molecule has 0 amide bonds. The lowest BCUT2D eigenvalue weighted by Crippen LogP contribution is -2.34. The van der Waals surface area contributed by atoms with Crippen molar-refractivity contribution in [2.75, 3.05) is 12.3 Å². The number of benzene rings is 1. The Morgan fingerprint density at radius 2 is 1.86 bits per heavy atom. The largest absolute Gasteiger partial charge is 0.398 e. The summed E-state index contributed by atoms with van der Waals surface area (Å²) in [5, 5.41) is 9.92. The molecule has 0 aromatic heterocycles. The van der Waals surface area contributed by atoms with E-state index in [9.17, 15) is 13.5 Å². The van der Waals surface area contributed by atoms with Crippen molar-refractivity contribution < 1.29 is 13.5 Å². The summed E-state index contributed by atoms with van der Waals surface area (Å²) in [5.74, 6) is 0. The molecule has 0 bridgehead atoms. The molecule has 0 saturated carbocycles. The van der Waals surface area contributed by atoms with Crippen LogP contribution in [-0.4, -0.2) is 26.2 Å². The molecule has 0 aliphatic rings. The second-order valence-corrected chi connectivity index (χ2v) is 8.48. The Balaban J connectivity index is 2.88. The number of aliphatic hydroxyl groups excluding tert-OH is 1. The summed E-state index contributed by atoms with van der Waals surface area (Å²) in [6.07, 6.45) is -0.202. The SMILES string of the molecule is Cc1cc(N)c(C)c(S(=O)(=O)NCC(O)CC(C)(C)C)c1. The molecule has 21 heavy (non-hydrogen) atoms. The van der Waals surface area contributed by atoms with E-state index in [-0.39, 0.29) is 16.9 Å². The highest BCUT2D eigenvalue weighted by Gasteiger charge is 2.22. The highest BCUT2D eigenvalue weighted by molar-refractivity contribution is 7.89. The van der Waals surface area contributed by atoms with Gasteiger partial charge < -0.3 is 10.8 Å². The maximum absolute atomic E-state index is 12.3. The first kappa shape index (κ1) is 17.9. The van der Waals surface area contributed by atoms with Crippen LogP contribution in [0.2, 0.25) is 0 Å². The van der Waals surface area contributed by atoms with Gasteiger partial charge >= 0.3 is 0 Å². The summed E-state index contributed by atoms with van der Waals surface area (Å²) in [6, 6.07) is 3.33. The molecule has 1 aromatic rings. The molecule has 0 spiro atoms. The summed E-state index contributed by atoms with van der Waals surface area (Å²) < 4.78 is 27.2. The molecule has 1 aromatic carbocycles. The summed E-state index contributed by atoms with van der Waals surface area (Å²) in [6.45, 7) is 9.45. The average molecular weight is 314 g/mol. The third kappa shape index (κ3) is 5.30. The zero-order valence-corrected chi connectivity index (χ0v) is 14.2. The van der Waals surface area contributed by atoms with Crippen LogP contribution in [0.1, 0.15) is 38.3 Å². The average Bonchev–Trinajstić information content (AvgIpc) is 2.29. The fourth-order valence-corrected chi connectivity index (χ4v) is 3.62. The molecule has 0 aliphatic heterocycles. The van der Waals surface area contributed by atoms with Gasteiger partial charge in [-0.2, -0.15) is 0 Å². The van der Waals surface area contributed by atoms with Crippen molar-refractivity contribution in [2.24, 2.45) is 5.41 Å². The van der Waals surface area contributed by atoms with Gasteiger partial charge in [-0.25, -0.2) is 13.1 Å². The Morgan fingerprint density at radius 1 is 1.29 bits per heavy atom. The van der Waals surface area contributed by atoms with Crippen LogP contribution < -0.4 is 10.5 Å². The van der Waals surface area contributed by atoms with Crippen LogP contribution in [0, 0.1) is 19.3 Å². The number of nitrogen functional groups attached to an aromatic ring is 1. The van der Waals surface area contributed by atoms with E-state index in [2.05, 4.69) is 4.72 Å². The Bertz CT molecular complexity index is 604. The molecule has 0 fully saturated rings. The Kier molecular flexibility index (Phi) is 5.41. The minimum absolute atomic E-state index is 0.00705. The standard InChI is InChI=1S/C15H26N2O3S/c1-10-6-13(16)11(2)14(7-10)21(19,20)17-9-12(18)8-15(3,4)5/h6-7,12,17-18H,8-9,16H2,1-5H3. The van der Waals surface area contributed by atoms with Crippen LogP contribution in [-0.2, 0) is 10.0 Å². The summed E-state index contributed by atoms with van der Waals surface area (Å²) in [4.78, 5) is 0.169. The fraction of sp³-hybridized carbons (Fsp3) is 0.600. The van der Waals surface area contributed by atoms with Crippen LogP contribution in [0.25, 0.3) is 0 Å². The lowest BCUT2D eigenvalue weighted by Gasteiger charge is -2.22. The van der Waals surface area contributed by atoms with Gasteiger partial charge in [0.2, 0.25) is 10.0 Å². The van der Waals surface area contributed by atoms with Crippen molar-refractivity contribution in [3.05, 3.63) is 23.3 Å². The van der Waals surface area contributed by atoms with Crippen molar-refractivity contribution in [3.8, 4) is 0 Å². The van der Waals surface area contributed by atoms with E-state index in [1.807, 2.05) is 20.8 Å². The maximum Gasteiger partial charge on any atom is 0.241 e. The summed E-state index contributed by atoms with van der Waals surface area (Å²) in [7, 11) is -3.68. The molecule has 4 N–H and O–H groups in total. The molecular weight excluding hydrogens is 288 g/mol. The molecule has 0 radical (unpaired) electrons. The van der Waals surface area contributed by atoms with Crippen LogP contribution >= 0.6 is 0 Å².